The number of amides is 1. The fourth-order valence-corrected chi connectivity index (χ4v) is 13.1. The van der Waals surface area contributed by atoms with E-state index < -0.39 is 13.9 Å². The van der Waals surface area contributed by atoms with E-state index in [2.05, 4.69) is 47.6 Å². The second-order valence-corrected chi connectivity index (χ2v) is 18.6. The second-order valence-electron chi connectivity index (χ2n) is 13.1. The van der Waals surface area contributed by atoms with Crippen molar-refractivity contribution in [2.75, 3.05) is 34.4 Å². The number of likely N-dealkylation sites (tertiary alicyclic amines) is 1. The average molecular weight is 561 g/mol. The number of rotatable bonds is 16. The maximum absolute atomic E-state index is 13.9. The van der Waals surface area contributed by atoms with Gasteiger partial charge in [-0.05, 0) is 64.9 Å². The van der Waals surface area contributed by atoms with E-state index in [1.165, 1.54) is 36.8 Å². The number of nitrogens with zero attached hydrogens (tertiary/aromatic N) is 2. The molecule has 39 heavy (non-hydrogen) atoms. The van der Waals surface area contributed by atoms with Crippen molar-refractivity contribution in [1.82, 2.24) is 9.88 Å². The van der Waals surface area contributed by atoms with E-state index in [9.17, 15) is 4.79 Å². The number of aromatic nitrogens is 1. The zero-order valence-corrected chi connectivity index (χ0v) is 26.6. The summed E-state index contributed by atoms with van der Waals surface area (Å²) in [5, 5.41) is 0. The Kier molecular flexibility index (Phi) is 9.96. The van der Waals surface area contributed by atoms with Crippen molar-refractivity contribution in [2.45, 2.75) is 115 Å². The van der Waals surface area contributed by atoms with Gasteiger partial charge >= 0.3 is 0 Å². The molecule has 2 aliphatic carbocycles. The summed E-state index contributed by atoms with van der Waals surface area (Å²) in [6, 6.07) is 1.90. The summed E-state index contributed by atoms with van der Waals surface area (Å²) < 4.78 is 24.2. The molecule has 0 spiro atoms. The molecular weight excluding hydrogens is 508 g/mol. The highest BCUT2D eigenvalue weighted by Gasteiger charge is 2.63. The zero-order valence-electron chi connectivity index (χ0n) is 25.6. The third kappa shape index (κ3) is 6.01. The molecule has 1 amide bonds. The molecular formula is C31H52N2O5Si. The van der Waals surface area contributed by atoms with Crippen molar-refractivity contribution >= 4 is 14.2 Å². The Morgan fingerprint density at radius 2 is 1.67 bits per heavy atom. The van der Waals surface area contributed by atoms with E-state index in [-0.39, 0.29) is 25.5 Å². The molecule has 1 aromatic rings. The molecule has 0 unspecified atom stereocenters. The van der Waals surface area contributed by atoms with Crippen molar-refractivity contribution < 1.29 is 23.4 Å². The summed E-state index contributed by atoms with van der Waals surface area (Å²) in [6.07, 6.45) is 9.96. The van der Waals surface area contributed by atoms with Gasteiger partial charge in [-0.2, -0.15) is 0 Å². The van der Waals surface area contributed by atoms with Crippen LogP contribution in [0, 0.1) is 11.8 Å². The maximum Gasteiger partial charge on any atom is 0.259 e. The standard InChI is InChI=1S/C31H52N2O5Si/c1-21(2)39(22(3)4,23(5)6)38-18-29-31(37-20-36-8,30(34)33(29)19-35-7)17-28-27-16-25(12-11-24-9-10-24)15-26(27)13-14-32-28/h13-14,21-25,29H,9-12,15-20H2,1-8H3/t25-,29-,31+/m0/s1. The van der Waals surface area contributed by atoms with Crippen molar-refractivity contribution in [3.8, 4) is 0 Å². The SMILES string of the molecule is COCO[C@@]1(Cc2nccc3c2C[C@@H](CCC2CC2)C3)C(=O)N(COC)[C@H]1CO[Si](C(C)C)(C(C)C)C(C)C. The van der Waals surface area contributed by atoms with Crippen molar-refractivity contribution in [2.24, 2.45) is 11.8 Å². The van der Waals surface area contributed by atoms with Gasteiger partial charge in [-0.3, -0.25) is 9.78 Å². The lowest BCUT2D eigenvalue weighted by molar-refractivity contribution is -0.237. The molecule has 2 heterocycles. The number of hydrogen-bond acceptors (Lipinski definition) is 6. The van der Waals surface area contributed by atoms with Gasteiger partial charge in [0.1, 0.15) is 13.5 Å². The van der Waals surface area contributed by atoms with Crippen LogP contribution in [0.1, 0.15) is 84.0 Å². The first-order chi connectivity index (χ1) is 18.6. The number of carbonyl (C=O) groups is 1. The predicted octanol–water partition coefficient (Wildman–Crippen LogP) is 5.90. The molecule has 3 atom stereocenters. The number of pyridine rings is 1. The van der Waals surface area contributed by atoms with Gasteiger partial charge in [0.25, 0.3) is 5.91 Å². The Labute approximate surface area is 237 Å². The third-order valence-electron chi connectivity index (χ3n) is 9.79. The van der Waals surface area contributed by atoms with Gasteiger partial charge < -0.3 is 23.5 Å². The van der Waals surface area contributed by atoms with E-state index in [0.29, 0.717) is 35.6 Å². The van der Waals surface area contributed by atoms with Crippen LogP contribution in [-0.4, -0.2) is 70.1 Å². The minimum atomic E-state index is -2.15. The third-order valence-corrected chi connectivity index (χ3v) is 15.9. The van der Waals surface area contributed by atoms with Crippen molar-refractivity contribution in [3.63, 3.8) is 0 Å². The minimum Gasteiger partial charge on any atom is -0.414 e. The topological polar surface area (TPSA) is 70.1 Å². The van der Waals surface area contributed by atoms with Crippen LogP contribution < -0.4 is 0 Å². The predicted molar refractivity (Wildman–Crippen MR) is 156 cm³/mol. The normalized spacial score (nSPS) is 25.2. The fraction of sp³-hybridized carbons (Fsp3) is 0.806. The number of carbonyl (C=O) groups excluding carboxylic acids is 1. The van der Waals surface area contributed by atoms with Gasteiger partial charge in [0.15, 0.2) is 13.9 Å². The molecule has 0 aromatic carbocycles. The molecule has 2 fully saturated rings. The van der Waals surface area contributed by atoms with E-state index in [1.807, 2.05) is 6.20 Å². The van der Waals surface area contributed by atoms with E-state index >= 15 is 0 Å². The summed E-state index contributed by atoms with van der Waals surface area (Å²) in [6.45, 7) is 14.4. The molecule has 1 aliphatic heterocycles. The molecule has 3 aliphatic rings. The van der Waals surface area contributed by atoms with Gasteiger partial charge in [0, 0.05) is 32.5 Å². The highest BCUT2D eigenvalue weighted by atomic mass is 28.4. The maximum atomic E-state index is 13.9. The van der Waals surface area contributed by atoms with Crippen LogP contribution in [0.5, 0.6) is 0 Å². The first-order valence-corrected chi connectivity index (χ1v) is 17.3. The number of methoxy groups -OCH3 is 2. The largest absolute Gasteiger partial charge is 0.414 e. The molecule has 7 nitrogen and oxygen atoms in total. The number of fused-ring (bicyclic) bond motifs is 1. The Morgan fingerprint density at radius 1 is 1.00 bits per heavy atom. The van der Waals surface area contributed by atoms with Gasteiger partial charge in [0.2, 0.25) is 0 Å². The van der Waals surface area contributed by atoms with Crippen molar-refractivity contribution in [1.29, 1.82) is 0 Å². The monoisotopic (exact) mass is 560 g/mol. The molecule has 0 N–H and O–H groups in total. The van der Waals surface area contributed by atoms with Gasteiger partial charge in [0.05, 0.1) is 12.6 Å². The zero-order chi connectivity index (χ0) is 28.4. The molecule has 0 radical (unpaired) electrons. The Morgan fingerprint density at radius 3 is 2.26 bits per heavy atom. The Hall–Kier alpha value is -1.32. The number of ether oxygens (including phenoxy) is 3. The lowest BCUT2D eigenvalue weighted by atomic mass is 9.78. The van der Waals surface area contributed by atoms with Gasteiger partial charge in [-0.1, -0.05) is 60.8 Å². The molecule has 4 rings (SSSR count). The Bertz CT molecular complexity index is 960. The lowest BCUT2D eigenvalue weighted by Crippen LogP contribution is -2.78. The van der Waals surface area contributed by atoms with Gasteiger partial charge in [-0.25, -0.2) is 0 Å². The van der Waals surface area contributed by atoms with Crippen LogP contribution >= 0.6 is 0 Å². The molecule has 220 valence electrons. The quantitative estimate of drug-likeness (QED) is 0.143. The lowest BCUT2D eigenvalue weighted by Gasteiger charge is -2.56. The van der Waals surface area contributed by atoms with Crippen LogP contribution in [0.15, 0.2) is 12.3 Å². The van der Waals surface area contributed by atoms with Crippen LogP contribution in [0.25, 0.3) is 0 Å². The first-order valence-electron chi connectivity index (χ1n) is 15.1. The summed E-state index contributed by atoms with van der Waals surface area (Å²) in [4.78, 5) is 20.5. The fourth-order valence-electron chi connectivity index (χ4n) is 7.69. The van der Waals surface area contributed by atoms with E-state index in [1.54, 1.807) is 19.1 Å². The number of β-lactam (4-membered cyclic amide) rings is 1. The molecule has 0 bridgehead atoms. The smallest absolute Gasteiger partial charge is 0.259 e. The summed E-state index contributed by atoms with van der Waals surface area (Å²) in [5.41, 5.74) is 3.98. The van der Waals surface area contributed by atoms with Crippen LogP contribution in [0.3, 0.4) is 0 Å². The number of hydrogen-bond donors (Lipinski definition) is 0. The molecule has 1 saturated heterocycles. The second kappa shape index (κ2) is 12.7. The first kappa shape index (κ1) is 30.6. The van der Waals surface area contributed by atoms with Crippen molar-refractivity contribution in [3.05, 3.63) is 29.1 Å². The minimum absolute atomic E-state index is 0.0449. The van der Waals surface area contributed by atoms with Crippen LogP contribution in [0.4, 0.5) is 0 Å². The van der Waals surface area contributed by atoms with Gasteiger partial charge in [-0.15, -0.1) is 0 Å². The van der Waals surface area contributed by atoms with E-state index in [4.69, 9.17) is 23.6 Å². The highest BCUT2D eigenvalue weighted by molar-refractivity contribution is 6.77. The average Bonchev–Trinajstić information content (AvgIpc) is 3.63. The van der Waals surface area contributed by atoms with Crippen LogP contribution in [-0.2, 0) is 42.7 Å². The molecule has 1 aromatic heterocycles. The van der Waals surface area contributed by atoms with Crippen LogP contribution in [0.2, 0.25) is 16.6 Å². The summed E-state index contributed by atoms with van der Waals surface area (Å²) in [5.74, 6) is 1.56. The Balaban J connectivity index is 1.61. The molecule has 8 heteroatoms. The summed E-state index contributed by atoms with van der Waals surface area (Å²) in [7, 11) is 1.08. The summed E-state index contributed by atoms with van der Waals surface area (Å²) >= 11 is 0. The highest BCUT2D eigenvalue weighted by Crippen LogP contribution is 2.45. The molecule has 1 saturated carbocycles. The van der Waals surface area contributed by atoms with E-state index in [0.717, 1.165) is 24.5 Å².